The highest BCUT2D eigenvalue weighted by Crippen LogP contribution is 2.21. The van der Waals surface area contributed by atoms with Gasteiger partial charge in [0.25, 0.3) is 0 Å². The molecule has 3 nitrogen and oxygen atoms in total. The van der Waals surface area contributed by atoms with E-state index >= 15 is 0 Å². The second-order valence-electron chi connectivity index (χ2n) is 6.30. The lowest BCUT2D eigenvalue weighted by atomic mass is 9.91. The van der Waals surface area contributed by atoms with Crippen LogP contribution in [0.15, 0.2) is 0 Å². The van der Waals surface area contributed by atoms with Crippen LogP contribution in [-0.2, 0) is 4.79 Å². The molecule has 1 heterocycles. The lowest BCUT2D eigenvalue weighted by Gasteiger charge is -2.35. The second kappa shape index (κ2) is 8.28. The van der Waals surface area contributed by atoms with E-state index in [2.05, 4.69) is 24.1 Å². The van der Waals surface area contributed by atoms with Crippen LogP contribution in [0.1, 0.15) is 52.4 Å². The Kier molecular flexibility index (Phi) is 6.69. The molecule has 20 heavy (non-hydrogen) atoms. The third kappa shape index (κ3) is 4.39. The van der Waals surface area contributed by atoms with Crippen molar-refractivity contribution in [2.75, 3.05) is 24.6 Å². The van der Waals surface area contributed by atoms with E-state index in [1.807, 2.05) is 11.8 Å². The number of thioether (sulfide) groups is 1. The fourth-order valence-corrected chi connectivity index (χ4v) is 4.12. The maximum absolute atomic E-state index is 12.8. The number of hydrogen-bond donors (Lipinski definition) is 1. The van der Waals surface area contributed by atoms with Gasteiger partial charge in [-0.1, -0.05) is 39.5 Å². The van der Waals surface area contributed by atoms with Crippen LogP contribution >= 0.6 is 11.8 Å². The number of carbonyl (C=O) groups is 1. The molecule has 1 saturated carbocycles. The Morgan fingerprint density at radius 1 is 1.25 bits per heavy atom. The topological polar surface area (TPSA) is 32.3 Å². The van der Waals surface area contributed by atoms with Crippen LogP contribution in [0, 0.1) is 5.92 Å². The second-order valence-corrected chi connectivity index (χ2v) is 7.53. The van der Waals surface area contributed by atoms with Crippen molar-refractivity contribution >= 4 is 17.7 Å². The zero-order chi connectivity index (χ0) is 14.4. The van der Waals surface area contributed by atoms with E-state index in [0.717, 1.165) is 31.0 Å². The van der Waals surface area contributed by atoms with Crippen LogP contribution < -0.4 is 5.32 Å². The molecule has 0 bridgehead atoms. The van der Waals surface area contributed by atoms with E-state index in [0.29, 0.717) is 17.9 Å². The minimum absolute atomic E-state index is 0.0335. The molecule has 1 amide bonds. The van der Waals surface area contributed by atoms with Crippen LogP contribution in [-0.4, -0.2) is 47.5 Å². The molecule has 2 aliphatic rings. The van der Waals surface area contributed by atoms with E-state index in [9.17, 15) is 4.79 Å². The molecule has 1 aliphatic heterocycles. The number of carbonyl (C=O) groups excluding carboxylic acids is 1. The number of amides is 1. The van der Waals surface area contributed by atoms with Gasteiger partial charge in [0.2, 0.25) is 5.91 Å². The monoisotopic (exact) mass is 298 g/mol. The average Bonchev–Trinajstić information content (AvgIpc) is 2.53. The van der Waals surface area contributed by atoms with Gasteiger partial charge in [-0.15, -0.1) is 0 Å². The van der Waals surface area contributed by atoms with Gasteiger partial charge in [-0.05, 0) is 18.8 Å². The molecule has 0 radical (unpaired) electrons. The third-order valence-corrected chi connectivity index (χ3v) is 5.76. The van der Waals surface area contributed by atoms with E-state index in [-0.39, 0.29) is 6.04 Å². The van der Waals surface area contributed by atoms with Gasteiger partial charge in [-0.25, -0.2) is 0 Å². The summed E-state index contributed by atoms with van der Waals surface area (Å²) in [7, 11) is 0. The highest BCUT2D eigenvalue weighted by atomic mass is 32.2. The first-order valence-corrected chi connectivity index (χ1v) is 9.50. The minimum Gasteiger partial charge on any atom is -0.340 e. The molecule has 2 rings (SSSR count). The lowest BCUT2D eigenvalue weighted by molar-refractivity contribution is -0.134. The molecule has 1 saturated heterocycles. The van der Waals surface area contributed by atoms with Crippen molar-refractivity contribution in [1.82, 2.24) is 10.2 Å². The Morgan fingerprint density at radius 2 is 1.90 bits per heavy atom. The Hall–Kier alpha value is -0.220. The van der Waals surface area contributed by atoms with E-state index in [4.69, 9.17) is 0 Å². The fraction of sp³-hybridized carbons (Fsp3) is 0.938. The molecule has 1 aliphatic carbocycles. The normalized spacial score (nSPS) is 24.4. The summed E-state index contributed by atoms with van der Waals surface area (Å²) in [4.78, 5) is 14.9. The minimum atomic E-state index is 0.0335. The van der Waals surface area contributed by atoms with E-state index in [1.165, 1.54) is 32.1 Å². The first-order chi connectivity index (χ1) is 9.72. The molecule has 1 N–H and O–H groups in total. The summed E-state index contributed by atoms with van der Waals surface area (Å²) in [6.45, 7) is 6.28. The van der Waals surface area contributed by atoms with Gasteiger partial charge in [0, 0.05) is 30.6 Å². The van der Waals surface area contributed by atoms with Gasteiger partial charge in [0.1, 0.15) is 0 Å². The summed E-state index contributed by atoms with van der Waals surface area (Å²) in [6.07, 6.45) is 7.56. The quantitative estimate of drug-likeness (QED) is 0.847. The zero-order valence-electron chi connectivity index (χ0n) is 13.1. The van der Waals surface area contributed by atoms with Crippen molar-refractivity contribution in [1.29, 1.82) is 0 Å². The first-order valence-electron chi connectivity index (χ1n) is 8.35. The lowest BCUT2D eigenvalue weighted by Crippen LogP contribution is -2.54. The van der Waals surface area contributed by atoms with Crippen LogP contribution in [0.25, 0.3) is 0 Å². The zero-order valence-corrected chi connectivity index (χ0v) is 13.9. The summed E-state index contributed by atoms with van der Waals surface area (Å²) >= 11 is 1.96. The van der Waals surface area contributed by atoms with Gasteiger partial charge >= 0.3 is 0 Å². The van der Waals surface area contributed by atoms with E-state index < -0.39 is 0 Å². The van der Waals surface area contributed by atoms with Crippen LogP contribution in [0.4, 0.5) is 0 Å². The first kappa shape index (κ1) is 16.2. The smallest absolute Gasteiger partial charge is 0.240 e. The number of nitrogens with one attached hydrogen (secondary N) is 1. The van der Waals surface area contributed by atoms with Crippen molar-refractivity contribution in [3.63, 3.8) is 0 Å². The summed E-state index contributed by atoms with van der Waals surface area (Å²) < 4.78 is 0. The van der Waals surface area contributed by atoms with Crippen LogP contribution in [0.2, 0.25) is 0 Å². The third-order valence-electron chi connectivity index (χ3n) is 4.82. The predicted molar refractivity (Wildman–Crippen MR) is 87.2 cm³/mol. The number of hydrogen-bond acceptors (Lipinski definition) is 3. The van der Waals surface area contributed by atoms with Gasteiger partial charge in [-0.2, -0.15) is 11.8 Å². The SMILES string of the molecule is CC[C@@H](C)[C@H](NC1CCCCC1)C(=O)N1CCSCC1. The summed E-state index contributed by atoms with van der Waals surface area (Å²) in [6, 6.07) is 0.595. The molecule has 116 valence electrons. The summed E-state index contributed by atoms with van der Waals surface area (Å²) in [5, 5.41) is 3.71. The molecule has 0 aromatic carbocycles. The van der Waals surface area contributed by atoms with Crippen molar-refractivity contribution < 1.29 is 4.79 Å². The Balaban J connectivity index is 1.95. The van der Waals surface area contributed by atoms with Crippen LogP contribution in [0.5, 0.6) is 0 Å². The van der Waals surface area contributed by atoms with E-state index in [1.54, 1.807) is 0 Å². The van der Waals surface area contributed by atoms with Crippen molar-refractivity contribution in [2.24, 2.45) is 5.92 Å². The van der Waals surface area contributed by atoms with Gasteiger partial charge in [0.05, 0.1) is 6.04 Å². The number of nitrogens with zero attached hydrogens (tertiary/aromatic N) is 1. The molecule has 0 unspecified atom stereocenters. The summed E-state index contributed by atoms with van der Waals surface area (Å²) in [5.74, 6) is 2.98. The largest absolute Gasteiger partial charge is 0.340 e. The molecular weight excluding hydrogens is 268 g/mol. The molecule has 0 spiro atoms. The highest BCUT2D eigenvalue weighted by Gasteiger charge is 2.31. The number of rotatable bonds is 5. The molecule has 4 heteroatoms. The maximum atomic E-state index is 12.8. The van der Waals surface area contributed by atoms with Crippen molar-refractivity contribution in [2.45, 2.75) is 64.5 Å². The summed E-state index contributed by atoms with van der Waals surface area (Å²) in [5.41, 5.74) is 0. The predicted octanol–water partition coefficient (Wildman–Crippen LogP) is 2.90. The average molecular weight is 298 g/mol. The van der Waals surface area contributed by atoms with Crippen molar-refractivity contribution in [3.05, 3.63) is 0 Å². The van der Waals surface area contributed by atoms with Gasteiger partial charge < -0.3 is 10.2 Å². The Bertz CT molecular complexity index is 299. The maximum Gasteiger partial charge on any atom is 0.240 e. The van der Waals surface area contributed by atoms with Gasteiger partial charge in [0.15, 0.2) is 0 Å². The highest BCUT2D eigenvalue weighted by molar-refractivity contribution is 7.99. The molecule has 0 aromatic rings. The molecule has 2 fully saturated rings. The molecular formula is C16H30N2OS. The standard InChI is InChI=1S/C16H30N2OS/c1-3-13(2)15(17-14-7-5-4-6-8-14)16(19)18-9-11-20-12-10-18/h13-15,17H,3-12H2,1-2H3/t13-,15+/m1/s1. The van der Waals surface area contributed by atoms with Crippen molar-refractivity contribution in [3.8, 4) is 0 Å². The van der Waals surface area contributed by atoms with Gasteiger partial charge in [-0.3, -0.25) is 4.79 Å². The Morgan fingerprint density at radius 3 is 2.50 bits per heavy atom. The molecule has 0 aromatic heterocycles. The fourth-order valence-electron chi connectivity index (χ4n) is 3.22. The van der Waals surface area contributed by atoms with Crippen LogP contribution in [0.3, 0.4) is 0 Å². The Labute approximate surface area is 128 Å². The molecule has 2 atom stereocenters.